The van der Waals surface area contributed by atoms with E-state index in [2.05, 4.69) is 10.3 Å². The Kier molecular flexibility index (Phi) is 2.14. The van der Waals surface area contributed by atoms with Crippen LogP contribution in [-0.2, 0) is 0 Å². The third kappa shape index (κ3) is 2.08. The molecule has 0 spiro atoms. The molecule has 1 aliphatic heterocycles. The van der Waals surface area contributed by atoms with Gasteiger partial charge in [-0.2, -0.15) is 0 Å². The van der Waals surface area contributed by atoms with Crippen molar-refractivity contribution in [3.05, 3.63) is 22.5 Å². The highest BCUT2D eigenvalue weighted by Gasteiger charge is 1.91. The van der Waals surface area contributed by atoms with Gasteiger partial charge < -0.3 is 5.32 Å². The molecular weight excluding hydrogens is 159 g/mol. The standard InChI is InChI=1S/C5H4Cl2N2/c6-4-1-2-5(7)9-3-8-4/h1-3H,(H,8,9). The maximum atomic E-state index is 5.54. The van der Waals surface area contributed by atoms with Gasteiger partial charge in [-0.15, -0.1) is 0 Å². The number of rotatable bonds is 0. The molecular formula is C5H4Cl2N2. The van der Waals surface area contributed by atoms with Crippen molar-refractivity contribution in [2.24, 2.45) is 4.99 Å². The van der Waals surface area contributed by atoms with Crippen molar-refractivity contribution in [3.8, 4) is 0 Å². The van der Waals surface area contributed by atoms with Crippen LogP contribution in [0.2, 0.25) is 0 Å². The van der Waals surface area contributed by atoms with Crippen LogP contribution in [0.25, 0.3) is 0 Å². The minimum atomic E-state index is 0.415. The molecule has 1 N–H and O–H groups in total. The smallest absolute Gasteiger partial charge is 0.130 e. The summed E-state index contributed by atoms with van der Waals surface area (Å²) in [6.45, 7) is 0. The number of aliphatic imine (C=N–C) groups is 1. The lowest BCUT2D eigenvalue weighted by molar-refractivity contribution is 1.28. The molecule has 0 bridgehead atoms. The Hall–Kier alpha value is -0.470. The molecule has 0 aliphatic carbocycles. The first-order valence-corrected chi connectivity index (χ1v) is 3.07. The molecule has 0 aromatic heterocycles. The third-order valence-electron chi connectivity index (χ3n) is 0.758. The minimum absolute atomic E-state index is 0.415. The molecule has 1 heterocycles. The van der Waals surface area contributed by atoms with E-state index in [0.29, 0.717) is 10.3 Å². The fourth-order valence-electron chi connectivity index (χ4n) is 0.389. The fraction of sp³-hybridized carbons (Fsp3) is 0. The van der Waals surface area contributed by atoms with E-state index in [9.17, 15) is 0 Å². The van der Waals surface area contributed by atoms with E-state index < -0.39 is 0 Å². The van der Waals surface area contributed by atoms with Crippen molar-refractivity contribution in [1.82, 2.24) is 5.32 Å². The van der Waals surface area contributed by atoms with Crippen LogP contribution >= 0.6 is 23.2 Å². The maximum Gasteiger partial charge on any atom is 0.130 e. The predicted octanol–water partition coefficient (Wildman–Crippen LogP) is 1.78. The van der Waals surface area contributed by atoms with Gasteiger partial charge in [-0.1, -0.05) is 23.2 Å². The molecule has 0 aromatic rings. The number of nitrogens with one attached hydrogen (secondary N) is 1. The molecule has 0 aromatic carbocycles. The van der Waals surface area contributed by atoms with Crippen molar-refractivity contribution in [1.29, 1.82) is 0 Å². The summed E-state index contributed by atoms with van der Waals surface area (Å²) in [5.41, 5.74) is 0. The summed E-state index contributed by atoms with van der Waals surface area (Å²) in [5.74, 6) is 0. The first-order chi connectivity index (χ1) is 4.29. The lowest BCUT2D eigenvalue weighted by Crippen LogP contribution is -2.03. The molecule has 9 heavy (non-hydrogen) atoms. The molecule has 0 saturated heterocycles. The Morgan fingerprint density at radius 2 is 2.11 bits per heavy atom. The molecule has 1 rings (SSSR count). The number of allylic oxidation sites excluding steroid dienone is 2. The van der Waals surface area contributed by atoms with Crippen molar-refractivity contribution in [2.75, 3.05) is 0 Å². The second kappa shape index (κ2) is 2.90. The molecule has 2 nitrogen and oxygen atoms in total. The van der Waals surface area contributed by atoms with Gasteiger partial charge in [0.25, 0.3) is 0 Å². The lowest BCUT2D eigenvalue weighted by Gasteiger charge is -1.88. The highest BCUT2D eigenvalue weighted by Crippen LogP contribution is 2.06. The summed E-state index contributed by atoms with van der Waals surface area (Å²) < 4.78 is 0. The number of hydrogen-bond donors (Lipinski definition) is 1. The molecule has 0 radical (unpaired) electrons. The second-order valence-corrected chi connectivity index (χ2v) is 2.20. The summed E-state index contributed by atoms with van der Waals surface area (Å²) in [6.07, 6.45) is 4.68. The zero-order valence-corrected chi connectivity index (χ0v) is 5.95. The Morgan fingerprint density at radius 3 is 2.89 bits per heavy atom. The first kappa shape index (κ1) is 6.65. The normalized spacial score (nSPS) is 17.6. The van der Waals surface area contributed by atoms with Gasteiger partial charge in [-0.05, 0) is 12.2 Å². The Morgan fingerprint density at radius 1 is 1.33 bits per heavy atom. The van der Waals surface area contributed by atoms with Gasteiger partial charge in [0.2, 0.25) is 0 Å². The molecule has 0 amide bonds. The van der Waals surface area contributed by atoms with Crippen LogP contribution in [0.1, 0.15) is 0 Å². The largest absolute Gasteiger partial charge is 0.337 e. The number of halogens is 2. The van der Waals surface area contributed by atoms with E-state index >= 15 is 0 Å². The zero-order valence-electron chi connectivity index (χ0n) is 4.44. The summed E-state index contributed by atoms with van der Waals surface area (Å²) in [4.78, 5) is 3.73. The lowest BCUT2D eigenvalue weighted by atomic mass is 10.6. The van der Waals surface area contributed by atoms with Gasteiger partial charge in [0.05, 0.1) is 6.34 Å². The SMILES string of the molecule is ClC1=CC=C(Cl)NC=N1. The number of hydrogen-bond acceptors (Lipinski definition) is 2. The van der Waals surface area contributed by atoms with Crippen LogP contribution in [0.3, 0.4) is 0 Å². The Bertz CT molecular complexity index is 193. The molecule has 1 aliphatic rings. The zero-order chi connectivity index (χ0) is 6.69. The third-order valence-corrected chi connectivity index (χ3v) is 1.22. The average molecular weight is 163 g/mol. The summed E-state index contributed by atoms with van der Waals surface area (Å²) in [6, 6.07) is 0. The van der Waals surface area contributed by atoms with Gasteiger partial charge in [0, 0.05) is 0 Å². The average Bonchev–Trinajstić information content (AvgIpc) is 1.97. The second-order valence-electron chi connectivity index (χ2n) is 1.41. The molecule has 0 saturated carbocycles. The van der Waals surface area contributed by atoms with E-state index in [1.807, 2.05) is 0 Å². The van der Waals surface area contributed by atoms with Crippen LogP contribution in [0, 0.1) is 0 Å². The highest BCUT2D eigenvalue weighted by atomic mass is 35.5. The predicted molar refractivity (Wildman–Crippen MR) is 39.5 cm³/mol. The Balaban J connectivity index is 2.80. The van der Waals surface area contributed by atoms with Crippen LogP contribution in [-0.4, -0.2) is 6.34 Å². The van der Waals surface area contributed by atoms with E-state index in [1.54, 1.807) is 12.2 Å². The molecule has 0 unspecified atom stereocenters. The van der Waals surface area contributed by atoms with Gasteiger partial charge >= 0.3 is 0 Å². The van der Waals surface area contributed by atoms with Crippen LogP contribution in [0.15, 0.2) is 27.5 Å². The quantitative estimate of drug-likeness (QED) is 0.540. The Labute approximate surface area is 62.9 Å². The minimum Gasteiger partial charge on any atom is -0.337 e. The van der Waals surface area contributed by atoms with Gasteiger partial charge in [-0.3, -0.25) is 0 Å². The van der Waals surface area contributed by atoms with Crippen molar-refractivity contribution in [2.45, 2.75) is 0 Å². The summed E-state index contributed by atoms with van der Waals surface area (Å²) >= 11 is 11.0. The highest BCUT2D eigenvalue weighted by molar-refractivity contribution is 6.32. The molecule has 4 heteroatoms. The van der Waals surface area contributed by atoms with E-state index in [1.165, 1.54) is 6.34 Å². The van der Waals surface area contributed by atoms with E-state index in [0.717, 1.165) is 0 Å². The van der Waals surface area contributed by atoms with Gasteiger partial charge in [-0.25, -0.2) is 4.99 Å². The van der Waals surface area contributed by atoms with Crippen molar-refractivity contribution < 1.29 is 0 Å². The van der Waals surface area contributed by atoms with E-state index in [-0.39, 0.29) is 0 Å². The molecule has 0 atom stereocenters. The molecule has 48 valence electrons. The van der Waals surface area contributed by atoms with Crippen molar-refractivity contribution in [3.63, 3.8) is 0 Å². The van der Waals surface area contributed by atoms with Gasteiger partial charge in [0.1, 0.15) is 10.3 Å². The van der Waals surface area contributed by atoms with Gasteiger partial charge in [0.15, 0.2) is 0 Å². The van der Waals surface area contributed by atoms with Crippen LogP contribution in [0.4, 0.5) is 0 Å². The van der Waals surface area contributed by atoms with Crippen LogP contribution < -0.4 is 5.32 Å². The van der Waals surface area contributed by atoms with Crippen molar-refractivity contribution >= 4 is 29.5 Å². The summed E-state index contributed by atoms with van der Waals surface area (Å²) in [7, 11) is 0. The first-order valence-electron chi connectivity index (χ1n) is 2.31. The van der Waals surface area contributed by atoms with Crippen LogP contribution in [0.5, 0.6) is 0 Å². The maximum absolute atomic E-state index is 5.54. The molecule has 0 fully saturated rings. The van der Waals surface area contributed by atoms with E-state index in [4.69, 9.17) is 23.2 Å². The monoisotopic (exact) mass is 162 g/mol. The fourth-order valence-corrected chi connectivity index (χ4v) is 0.612. The number of nitrogens with zero attached hydrogens (tertiary/aromatic N) is 1. The summed E-state index contributed by atoms with van der Waals surface area (Å²) in [5, 5.41) is 3.60. The topological polar surface area (TPSA) is 24.4 Å².